The monoisotopic (exact) mass is 228 g/mol. The van der Waals surface area contributed by atoms with Crippen molar-refractivity contribution in [1.29, 1.82) is 0 Å². The molecular formula is C14H16N2O. The van der Waals surface area contributed by atoms with Gasteiger partial charge in [-0.1, -0.05) is 12.1 Å². The Labute approximate surface area is 100 Å². The normalized spacial score (nSPS) is 21.0. The molecule has 3 rings (SSSR count). The van der Waals surface area contributed by atoms with Gasteiger partial charge in [0.15, 0.2) is 0 Å². The number of ketones is 1. The number of aromatic nitrogens is 2. The molecule has 3 heteroatoms. The second kappa shape index (κ2) is 3.99. The van der Waals surface area contributed by atoms with Gasteiger partial charge in [-0.25, -0.2) is 4.98 Å². The summed E-state index contributed by atoms with van der Waals surface area (Å²) in [6.07, 6.45) is 3.52. The van der Waals surface area contributed by atoms with Crippen LogP contribution < -0.4 is 0 Å². The van der Waals surface area contributed by atoms with Crippen molar-refractivity contribution in [2.45, 2.75) is 38.6 Å². The van der Waals surface area contributed by atoms with E-state index in [1.54, 1.807) is 0 Å². The molecule has 0 saturated heterocycles. The molecule has 1 fully saturated rings. The average Bonchev–Trinajstić information content (AvgIpc) is 2.64. The smallest absolute Gasteiger partial charge is 0.134 e. The number of para-hydroxylation sites is 2. The van der Waals surface area contributed by atoms with E-state index in [0.29, 0.717) is 18.2 Å². The van der Waals surface area contributed by atoms with Crippen LogP contribution in [-0.4, -0.2) is 15.3 Å². The van der Waals surface area contributed by atoms with E-state index in [9.17, 15) is 4.79 Å². The van der Waals surface area contributed by atoms with Crippen LogP contribution in [0.4, 0.5) is 0 Å². The number of hydrogen-bond donors (Lipinski definition) is 0. The maximum absolute atomic E-state index is 11.6. The molecule has 1 saturated carbocycles. The van der Waals surface area contributed by atoms with E-state index in [4.69, 9.17) is 0 Å². The zero-order chi connectivity index (χ0) is 11.8. The summed E-state index contributed by atoms with van der Waals surface area (Å²) >= 11 is 0. The fourth-order valence-electron chi connectivity index (χ4n) is 2.85. The molecule has 1 heterocycles. The molecule has 1 aromatic carbocycles. The highest BCUT2D eigenvalue weighted by Gasteiger charge is 2.23. The van der Waals surface area contributed by atoms with Crippen molar-refractivity contribution in [2.75, 3.05) is 0 Å². The van der Waals surface area contributed by atoms with Crippen LogP contribution in [0.2, 0.25) is 0 Å². The van der Waals surface area contributed by atoms with Gasteiger partial charge in [-0.3, -0.25) is 4.79 Å². The number of Topliss-reactive ketones (excluding diaryl/α,β-unsaturated/α-hetero) is 1. The Balaban J connectivity index is 2.09. The highest BCUT2D eigenvalue weighted by Crippen LogP contribution is 2.30. The number of rotatable bonds is 1. The van der Waals surface area contributed by atoms with Gasteiger partial charge in [0.05, 0.1) is 11.0 Å². The molecule has 0 aliphatic heterocycles. The Morgan fingerprint density at radius 3 is 3.00 bits per heavy atom. The van der Waals surface area contributed by atoms with E-state index in [0.717, 1.165) is 36.1 Å². The minimum Gasteiger partial charge on any atom is -0.325 e. The number of imidazole rings is 1. The molecule has 0 bridgehead atoms. The fraction of sp³-hybridized carbons (Fsp3) is 0.429. The Kier molecular flexibility index (Phi) is 2.46. The van der Waals surface area contributed by atoms with E-state index in [1.807, 2.05) is 25.1 Å². The molecule has 0 amide bonds. The number of fused-ring (bicyclic) bond motifs is 1. The summed E-state index contributed by atoms with van der Waals surface area (Å²) in [4.78, 5) is 16.1. The van der Waals surface area contributed by atoms with Crippen molar-refractivity contribution in [3.63, 3.8) is 0 Å². The summed E-state index contributed by atoms with van der Waals surface area (Å²) in [6, 6.07) is 8.47. The molecule has 0 radical (unpaired) electrons. The van der Waals surface area contributed by atoms with Crippen molar-refractivity contribution in [2.24, 2.45) is 0 Å². The third-order valence-electron chi connectivity index (χ3n) is 3.59. The summed E-state index contributed by atoms with van der Waals surface area (Å²) in [5, 5.41) is 0. The molecule has 3 nitrogen and oxygen atoms in total. The third kappa shape index (κ3) is 1.75. The largest absolute Gasteiger partial charge is 0.325 e. The molecular weight excluding hydrogens is 212 g/mol. The number of hydrogen-bond acceptors (Lipinski definition) is 2. The highest BCUT2D eigenvalue weighted by molar-refractivity contribution is 5.80. The molecule has 17 heavy (non-hydrogen) atoms. The molecule has 1 unspecified atom stereocenters. The summed E-state index contributed by atoms with van der Waals surface area (Å²) in [6.45, 7) is 2.03. The van der Waals surface area contributed by atoms with Gasteiger partial charge in [0.1, 0.15) is 11.6 Å². The first kappa shape index (κ1) is 10.5. The lowest BCUT2D eigenvalue weighted by atomic mass is 9.94. The molecule has 1 aromatic heterocycles. The Hall–Kier alpha value is -1.64. The Bertz CT molecular complexity index is 571. The zero-order valence-corrected chi connectivity index (χ0v) is 10.0. The SMILES string of the molecule is Cc1nc2ccccc2n1C1CCCC(=O)C1. The van der Waals surface area contributed by atoms with E-state index in [1.165, 1.54) is 0 Å². The van der Waals surface area contributed by atoms with Crippen LogP contribution in [0.3, 0.4) is 0 Å². The maximum Gasteiger partial charge on any atom is 0.134 e. The Morgan fingerprint density at radius 1 is 1.35 bits per heavy atom. The first-order valence-corrected chi connectivity index (χ1v) is 6.21. The van der Waals surface area contributed by atoms with Gasteiger partial charge >= 0.3 is 0 Å². The van der Waals surface area contributed by atoms with Crippen molar-refractivity contribution in [3.8, 4) is 0 Å². The van der Waals surface area contributed by atoms with Crippen LogP contribution in [0.25, 0.3) is 11.0 Å². The van der Waals surface area contributed by atoms with E-state index in [2.05, 4.69) is 15.6 Å². The quantitative estimate of drug-likeness (QED) is 0.752. The van der Waals surface area contributed by atoms with Gasteiger partial charge in [-0.15, -0.1) is 0 Å². The third-order valence-corrected chi connectivity index (χ3v) is 3.59. The minimum atomic E-state index is 0.309. The van der Waals surface area contributed by atoms with Crippen molar-refractivity contribution >= 4 is 16.8 Å². The van der Waals surface area contributed by atoms with Crippen LogP contribution in [-0.2, 0) is 4.79 Å². The van der Waals surface area contributed by atoms with Crippen LogP contribution in [0.5, 0.6) is 0 Å². The maximum atomic E-state index is 11.6. The highest BCUT2D eigenvalue weighted by atomic mass is 16.1. The molecule has 88 valence electrons. The predicted octanol–water partition coefficient (Wildman–Crippen LogP) is 3.03. The van der Waals surface area contributed by atoms with Crippen LogP contribution in [0.1, 0.15) is 37.5 Å². The molecule has 0 spiro atoms. The van der Waals surface area contributed by atoms with Crippen molar-refractivity contribution < 1.29 is 4.79 Å². The molecule has 2 aromatic rings. The van der Waals surface area contributed by atoms with Gasteiger partial charge in [0, 0.05) is 18.9 Å². The Morgan fingerprint density at radius 2 is 2.18 bits per heavy atom. The number of carbonyl (C=O) groups excluding carboxylic acids is 1. The van der Waals surface area contributed by atoms with Gasteiger partial charge in [-0.2, -0.15) is 0 Å². The van der Waals surface area contributed by atoms with Crippen molar-refractivity contribution in [1.82, 2.24) is 9.55 Å². The second-order valence-electron chi connectivity index (χ2n) is 4.81. The zero-order valence-electron chi connectivity index (χ0n) is 10.0. The molecule has 1 aliphatic rings. The standard InChI is InChI=1S/C14H16N2O/c1-10-15-13-7-2-3-8-14(13)16(10)11-5-4-6-12(17)9-11/h2-3,7-8,11H,4-6,9H2,1H3. The fourth-order valence-corrected chi connectivity index (χ4v) is 2.85. The molecule has 0 N–H and O–H groups in total. The van der Waals surface area contributed by atoms with Crippen molar-refractivity contribution in [3.05, 3.63) is 30.1 Å². The lowest BCUT2D eigenvalue weighted by molar-refractivity contribution is -0.121. The number of benzene rings is 1. The summed E-state index contributed by atoms with van der Waals surface area (Å²) in [5.41, 5.74) is 2.19. The van der Waals surface area contributed by atoms with E-state index in [-0.39, 0.29) is 0 Å². The summed E-state index contributed by atoms with van der Waals surface area (Å²) < 4.78 is 2.24. The van der Waals surface area contributed by atoms with Crippen LogP contribution in [0.15, 0.2) is 24.3 Å². The number of carbonyl (C=O) groups is 1. The lowest BCUT2D eigenvalue weighted by Gasteiger charge is -2.24. The first-order valence-electron chi connectivity index (χ1n) is 6.21. The number of aryl methyl sites for hydroxylation is 1. The first-order chi connectivity index (χ1) is 8.25. The van der Waals surface area contributed by atoms with E-state index < -0.39 is 0 Å². The average molecular weight is 228 g/mol. The van der Waals surface area contributed by atoms with Crippen LogP contribution >= 0.6 is 0 Å². The summed E-state index contributed by atoms with van der Waals surface area (Å²) in [5.74, 6) is 1.41. The van der Waals surface area contributed by atoms with Gasteiger partial charge in [-0.05, 0) is 31.9 Å². The lowest BCUT2D eigenvalue weighted by Crippen LogP contribution is -2.19. The predicted molar refractivity (Wildman–Crippen MR) is 67.0 cm³/mol. The van der Waals surface area contributed by atoms with Gasteiger partial charge in [0.2, 0.25) is 0 Å². The molecule has 1 atom stereocenters. The summed E-state index contributed by atoms with van der Waals surface area (Å²) in [7, 11) is 0. The van der Waals surface area contributed by atoms with Gasteiger partial charge < -0.3 is 4.57 Å². The second-order valence-corrected chi connectivity index (χ2v) is 4.81. The van der Waals surface area contributed by atoms with Crippen LogP contribution in [0, 0.1) is 6.92 Å². The minimum absolute atomic E-state index is 0.309. The number of nitrogens with zero attached hydrogens (tertiary/aromatic N) is 2. The van der Waals surface area contributed by atoms with E-state index >= 15 is 0 Å². The molecule has 1 aliphatic carbocycles. The van der Waals surface area contributed by atoms with Gasteiger partial charge in [0.25, 0.3) is 0 Å². The topological polar surface area (TPSA) is 34.9 Å².